The normalized spacial score (nSPS) is 25.1. The van der Waals surface area contributed by atoms with Crippen LogP contribution in [0.15, 0.2) is 131 Å². The summed E-state index contributed by atoms with van der Waals surface area (Å²) in [5, 5.41) is 11.2. The highest BCUT2D eigenvalue weighted by molar-refractivity contribution is 6.31. The summed E-state index contributed by atoms with van der Waals surface area (Å²) in [7, 11) is 0. The summed E-state index contributed by atoms with van der Waals surface area (Å²) in [5.41, 5.74) is 2.94. The molecule has 2 saturated carbocycles. The number of benzene rings is 4. The number of nitrogens with zero attached hydrogens (tertiary/aromatic N) is 6. The highest BCUT2D eigenvalue weighted by Gasteiger charge is 2.54. The van der Waals surface area contributed by atoms with E-state index in [2.05, 4.69) is 49.5 Å². The third-order valence-electron chi connectivity index (χ3n) is 15.2. The molecule has 4 fully saturated rings. The molecular formula is C58H62Cl4N6O4. The van der Waals surface area contributed by atoms with Crippen molar-refractivity contribution in [2.24, 2.45) is 10.8 Å². The minimum Gasteiger partial charge on any atom is -0.337 e. The number of hydrogen-bond acceptors (Lipinski definition) is 8. The van der Waals surface area contributed by atoms with Gasteiger partial charge in [0.25, 0.3) is 0 Å². The van der Waals surface area contributed by atoms with Gasteiger partial charge in [0.1, 0.15) is 12.1 Å². The minimum absolute atomic E-state index is 0.00704. The van der Waals surface area contributed by atoms with Gasteiger partial charge in [-0.05, 0) is 135 Å². The summed E-state index contributed by atoms with van der Waals surface area (Å²) in [6.07, 6.45) is 11.8. The van der Waals surface area contributed by atoms with Crippen molar-refractivity contribution in [2.75, 3.05) is 0 Å². The minimum atomic E-state index is -0.635. The molecule has 0 unspecified atom stereocenters. The second-order valence-electron chi connectivity index (χ2n) is 20.6. The van der Waals surface area contributed by atoms with Gasteiger partial charge in [0, 0.05) is 43.8 Å². The zero-order valence-corrected chi connectivity index (χ0v) is 44.3. The molecule has 4 heterocycles. The van der Waals surface area contributed by atoms with Crippen LogP contribution in [0.5, 0.6) is 0 Å². The summed E-state index contributed by atoms with van der Waals surface area (Å²) in [6.45, 7) is 16.1. The van der Waals surface area contributed by atoms with Crippen molar-refractivity contribution < 1.29 is 18.6 Å². The lowest BCUT2D eigenvalue weighted by atomic mass is 9.67. The summed E-state index contributed by atoms with van der Waals surface area (Å²) in [4.78, 5) is 42.3. The van der Waals surface area contributed by atoms with Crippen molar-refractivity contribution in [3.63, 3.8) is 0 Å². The van der Waals surface area contributed by atoms with E-state index in [4.69, 9.17) is 65.4 Å². The molecule has 0 spiro atoms. The van der Waals surface area contributed by atoms with Crippen molar-refractivity contribution in [1.82, 2.24) is 30.1 Å². The fraction of sp³-hybridized carbons (Fsp3) is 0.414. The fourth-order valence-electron chi connectivity index (χ4n) is 11.2. The molecule has 10 nitrogen and oxygen atoms in total. The van der Waals surface area contributed by atoms with Crippen molar-refractivity contribution in [3.05, 3.63) is 188 Å². The predicted molar refractivity (Wildman–Crippen MR) is 284 cm³/mol. The zero-order chi connectivity index (χ0) is 50.9. The van der Waals surface area contributed by atoms with E-state index in [-0.39, 0.29) is 47.8 Å². The monoisotopic (exact) mass is 1050 g/mol. The van der Waals surface area contributed by atoms with Gasteiger partial charge >= 0.3 is 0 Å². The van der Waals surface area contributed by atoms with Crippen molar-refractivity contribution in [1.29, 1.82) is 0 Å². The van der Waals surface area contributed by atoms with Gasteiger partial charge in [-0.1, -0.05) is 145 Å². The van der Waals surface area contributed by atoms with Crippen LogP contribution in [0, 0.1) is 10.8 Å². The Morgan fingerprint density at radius 2 is 0.958 bits per heavy atom. The number of piperidine rings is 2. The Morgan fingerprint density at radius 1 is 0.583 bits per heavy atom. The first-order chi connectivity index (χ1) is 34.7. The van der Waals surface area contributed by atoms with E-state index in [0.29, 0.717) is 82.2 Å². The molecule has 376 valence electrons. The number of amides is 2. The summed E-state index contributed by atoms with van der Waals surface area (Å²) in [5.74, 6) is 3.35. The number of rotatable bonds is 16. The van der Waals surface area contributed by atoms with Gasteiger partial charge in [-0.15, -0.1) is 13.2 Å². The number of carbonyl (C=O) groups is 2. The highest BCUT2D eigenvalue weighted by atomic mass is 35.5. The van der Waals surface area contributed by atoms with E-state index in [1.807, 2.05) is 121 Å². The molecular weight excluding hydrogens is 986 g/mol. The summed E-state index contributed by atoms with van der Waals surface area (Å²) < 4.78 is 11.6. The standard InChI is InChI=1S/2C29H31Cl2N3O2/c2*1-4-15-29(3)17-23(20-7-6-8-22(31)16-20)25(18-11-13-21(30)14-12-18)34(28(29)35)24(5-2)27-32-26(33-36-27)19-9-10-19/h2*4,6-8,11-14,16,19,23-25H,1,5,9-10,15,17H2,2-3H3/t23-,24+,25-,29+;23-,24-,25-,29+/m11/s1. The molecule has 4 aromatic carbocycles. The Kier molecular flexibility index (Phi) is 15.5. The predicted octanol–water partition coefficient (Wildman–Crippen LogP) is 16.1. The van der Waals surface area contributed by atoms with E-state index in [0.717, 1.165) is 59.6 Å². The molecule has 8 atom stereocenters. The molecule has 0 radical (unpaired) electrons. The Bertz CT molecular complexity index is 2700. The van der Waals surface area contributed by atoms with Crippen LogP contribution >= 0.6 is 46.4 Å². The quantitative estimate of drug-likeness (QED) is 0.0880. The Hall–Kier alpha value is -5.26. The van der Waals surface area contributed by atoms with Crippen LogP contribution in [0.4, 0.5) is 0 Å². The van der Waals surface area contributed by atoms with Crippen LogP contribution < -0.4 is 0 Å². The Balaban J connectivity index is 0.000000178. The van der Waals surface area contributed by atoms with Crippen LogP contribution in [-0.4, -0.2) is 41.9 Å². The first-order valence-corrected chi connectivity index (χ1v) is 26.8. The number of aromatic nitrogens is 4. The lowest BCUT2D eigenvalue weighted by Crippen LogP contribution is -2.53. The van der Waals surface area contributed by atoms with Gasteiger partial charge in [-0.2, -0.15) is 9.97 Å². The first-order valence-electron chi connectivity index (χ1n) is 25.2. The van der Waals surface area contributed by atoms with E-state index >= 15 is 0 Å². The van der Waals surface area contributed by atoms with Crippen molar-refractivity contribution >= 4 is 58.2 Å². The number of allylic oxidation sites excluding steroid dienone is 2. The lowest BCUT2D eigenvalue weighted by molar-refractivity contribution is -0.156. The molecule has 14 heteroatoms. The van der Waals surface area contributed by atoms with Gasteiger partial charge in [-0.25, -0.2) is 0 Å². The largest absolute Gasteiger partial charge is 0.337 e. The maximum absolute atomic E-state index is 14.4. The molecule has 2 amide bonds. The van der Waals surface area contributed by atoms with E-state index in [1.165, 1.54) is 0 Å². The average Bonchev–Trinajstić information content (AvgIpc) is 4.31. The Morgan fingerprint density at radius 3 is 1.28 bits per heavy atom. The van der Waals surface area contributed by atoms with Gasteiger partial charge in [-0.3, -0.25) is 9.59 Å². The number of likely N-dealkylation sites (tertiary alicyclic amines) is 2. The third-order valence-corrected chi connectivity index (χ3v) is 16.2. The van der Waals surface area contributed by atoms with Gasteiger partial charge < -0.3 is 18.8 Å². The van der Waals surface area contributed by atoms with E-state index < -0.39 is 10.8 Å². The SMILES string of the molecule is C=CC[C@@]1(C)C[C@H](c2cccc(Cl)c2)[C@@H](c2ccc(Cl)cc2)N([C@@H](CC)c2nc(C3CC3)no2)C1=O.C=CC[C@@]1(C)C[C@H](c2cccc(Cl)c2)[C@@H](c2ccc(Cl)cc2)N([C@H](CC)c2nc(C3CC3)no2)C1=O. The van der Waals surface area contributed by atoms with Crippen LogP contribution in [-0.2, 0) is 9.59 Å². The van der Waals surface area contributed by atoms with Crippen LogP contribution in [0.25, 0.3) is 0 Å². The lowest BCUT2D eigenvalue weighted by Gasteiger charge is -2.51. The molecule has 2 saturated heterocycles. The third kappa shape index (κ3) is 10.7. The van der Waals surface area contributed by atoms with Gasteiger partial charge in [0.05, 0.1) is 22.9 Å². The topological polar surface area (TPSA) is 118 Å². The smallest absolute Gasteiger partial charge is 0.249 e. The van der Waals surface area contributed by atoms with Crippen LogP contribution in [0.3, 0.4) is 0 Å². The second-order valence-corrected chi connectivity index (χ2v) is 22.4. The maximum atomic E-state index is 14.4. The van der Waals surface area contributed by atoms with Crippen LogP contribution in [0.2, 0.25) is 20.1 Å². The number of halogens is 4. The fourth-order valence-corrected chi connectivity index (χ4v) is 11.9. The van der Waals surface area contributed by atoms with E-state index in [1.54, 1.807) is 0 Å². The second kappa shape index (κ2) is 21.7. The summed E-state index contributed by atoms with van der Waals surface area (Å²) >= 11 is 25.4. The van der Waals surface area contributed by atoms with Gasteiger partial charge in [0.15, 0.2) is 11.6 Å². The average molecular weight is 1050 g/mol. The van der Waals surface area contributed by atoms with Crippen molar-refractivity contribution in [2.45, 2.75) is 140 Å². The molecule has 10 rings (SSSR count). The molecule has 0 bridgehead atoms. The maximum Gasteiger partial charge on any atom is 0.249 e. The number of carbonyl (C=O) groups excluding carboxylic acids is 2. The van der Waals surface area contributed by atoms with Gasteiger partial charge in [0.2, 0.25) is 23.6 Å². The molecule has 2 aliphatic carbocycles. The Labute approximate surface area is 443 Å². The highest BCUT2D eigenvalue weighted by Crippen LogP contribution is 2.56. The summed E-state index contributed by atoms with van der Waals surface area (Å²) in [6, 6.07) is 30.3. The zero-order valence-electron chi connectivity index (χ0n) is 41.3. The first kappa shape index (κ1) is 51.6. The van der Waals surface area contributed by atoms with E-state index in [9.17, 15) is 9.59 Å². The molecule has 4 aliphatic rings. The molecule has 72 heavy (non-hydrogen) atoms. The van der Waals surface area contributed by atoms with Crippen molar-refractivity contribution in [3.8, 4) is 0 Å². The number of hydrogen-bond donors (Lipinski definition) is 0. The molecule has 2 aromatic heterocycles. The molecule has 0 N–H and O–H groups in total. The molecule has 6 aromatic rings. The molecule has 2 aliphatic heterocycles. The van der Waals surface area contributed by atoms with Crippen LogP contribution in [0.1, 0.15) is 185 Å².